The molecule has 0 aliphatic rings. The Hall–Kier alpha value is -3.69. The maximum absolute atomic E-state index is 13.6. The number of hydrogen-bond acceptors (Lipinski definition) is 3. The van der Waals surface area contributed by atoms with Crippen LogP contribution in [0.25, 0.3) is 0 Å². The molecule has 0 radical (unpaired) electrons. The van der Waals surface area contributed by atoms with Crippen molar-refractivity contribution in [1.82, 2.24) is 0 Å². The lowest BCUT2D eigenvalue weighted by Gasteiger charge is -2.30. The highest BCUT2D eigenvalue weighted by Crippen LogP contribution is 2.35. The summed E-state index contributed by atoms with van der Waals surface area (Å²) in [6.45, 7) is 0. The summed E-state index contributed by atoms with van der Waals surface area (Å²) >= 11 is 0. The summed E-state index contributed by atoms with van der Waals surface area (Å²) in [6.07, 6.45) is -0.640. The van der Waals surface area contributed by atoms with Gasteiger partial charge in [0.15, 0.2) is 6.10 Å². The second-order valence-electron chi connectivity index (χ2n) is 7.05. The van der Waals surface area contributed by atoms with Gasteiger partial charge in [-0.2, -0.15) is 0 Å². The molecule has 148 valence electrons. The number of rotatable bonds is 6. The van der Waals surface area contributed by atoms with Crippen molar-refractivity contribution in [3.8, 4) is 0 Å². The SMILES string of the molecule is O=C(OC(c1ccccc1)c1ccccc1)C(O)(c1ccccc1)c1ccccc1. The van der Waals surface area contributed by atoms with Crippen LogP contribution >= 0.6 is 0 Å². The quantitative estimate of drug-likeness (QED) is 0.454. The Morgan fingerprint density at radius 1 is 0.600 bits per heavy atom. The second-order valence-corrected chi connectivity index (χ2v) is 7.05. The first kappa shape index (κ1) is 19.6. The fourth-order valence-corrected chi connectivity index (χ4v) is 3.54. The Labute approximate surface area is 176 Å². The first-order valence-electron chi connectivity index (χ1n) is 9.84. The third kappa shape index (κ3) is 3.88. The standard InChI is InChI=1S/C27H22O3/c28-26(27(29,23-17-9-3-10-18-23)24-19-11-4-12-20-24)30-25(21-13-5-1-6-14-21)22-15-7-2-8-16-22/h1-20,25,29H. The topological polar surface area (TPSA) is 46.5 Å². The minimum absolute atomic E-state index is 0.459. The minimum atomic E-state index is -1.93. The molecule has 0 aliphatic carbocycles. The molecule has 0 unspecified atom stereocenters. The fourth-order valence-electron chi connectivity index (χ4n) is 3.54. The molecule has 0 spiro atoms. The van der Waals surface area contributed by atoms with Crippen molar-refractivity contribution in [2.45, 2.75) is 11.7 Å². The van der Waals surface area contributed by atoms with Crippen molar-refractivity contribution < 1.29 is 14.6 Å². The number of esters is 1. The Morgan fingerprint density at radius 2 is 0.933 bits per heavy atom. The summed E-state index contributed by atoms with van der Waals surface area (Å²) in [5.74, 6) is -0.724. The molecule has 4 aromatic rings. The van der Waals surface area contributed by atoms with Gasteiger partial charge >= 0.3 is 5.97 Å². The molecule has 0 saturated heterocycles. The molecule has 0 saturated carbocycles. The third-order valence-electron chi connectivity index (χ3n) is 5.11. The lowest BCUT2D eigenvalue weighted by molar-refractivity contribution is -0.166. The number of aliphatic hydroxyl groups is 1. The van der Waals surface area contributed by atoms with Gasteiger partial charge in [-0.3, -0.25) is 0 Å². The Kier molecular flexibility index (Phi) is 5.73. The average molecular weight is 394 g/mol. The van der Waals surface area contributed by atoms with Crippen LogP contribution in [0, 0.1) is 0 Å². The normalized spacial score (nSPS) is 11.3. The van der Waals surface area contributed by atoms with E-state index in [9.17, 15) is 9.90 Å². The molecule has 0 bridgehead atoms. The summed E-state index contributed by atoms with van der Waals surface area (Å²) in [4.78, 5) is 13.6. The molecular formula is C27H22O3. The Morgan fingerprint density at radius 3 is 1.30 bits per heavy atom. The molecule has 1 N–H and O–H groups in total. The molecule has 0 atom stereocenters. The van der Waals surface area contributed by atoms with E-state index in [0.29, 0.717) is 11.1 Å². The van der Waals surface area contributed by atoms with E-state index < -0.39 is 17.7 Å². The molecule has 0 aromatic heterocycles. The molecule has 4 rings (SSSR count). The largest absolute Gasteiger partial charge is 0.450 e. The van der Waals surface area contributed by atoms with Gasteiger partial charge in [0.05, 0.1) is 0 Å². The van der Waals surface area contributed by atoms with Crippen LogP contribution in [0.1, 0.15) is 28.4 Å². The summed E-state index contributed by atoms with van der Waals surface area (Å²) in [5.41, 5.74) is 0.660. The van der Waals surface area contributed by atoms with E-state index in [-0.39, 0.29) is 0 Å². The van der Waals surface area contributed by atoms with Crippen LogP contribution < -0.4 is 0 Å². The zero-order valence-corrected chi connectivity index (χ0v) is 16.4. The van der Waals surface area contributed by atoms with Crippen molar-refractivity contribution in [3.05, 3.63) is 144 Å². The van der Waals surface area contributed by atoms with E-state index in [4.69, 9.17) is 4.74 Å². The summed E-state index contributed by atoms with van der Waals surface area (Å²) < 4.78 is 6.01. The Bertz CT molecular complexity index is 999. The van der Waals surface area contributed by atoms with E-state index in [0.717, 1.165) is 11.1 Å². The smallest absolute Gasteiger partial charge is 0.348 e. The Balaban J connectivity index is 1.77. The van der Waals surface area contributed by atoms with Crippen molar-refractivity contribution in [3.63, 3.8) is 0 Å². The van der Waals surface area contributed by atoms with E-state index in [1.54, 1.807) is 48.5 Å². The highest BCUT2D eigenvalue weighted by Gasteiger charge is 2.43. The van der Waals surface area contributed by atoms with Gasteiger partial charge < -0.3 is 9.84 Å². The van der Waals surface area contributed by atoms with Crippen LogP contribution in [-0.4, -0.2) is 11.1 Å². The van der Waals surface area contributed by atoms with Crippen LogP contribution in [0.15, 0.2) is 121 Å². The molecule has 4 aromatic carbocycles. The lowest BCUT2D eigenvalue weighted by Crippen LogP contribution is -2.39. The highest BCUT2D eigenvalue weighted by molar-refractivity contribution is 5.85. The second kappa shape index (κ2) is 8.76. The minimum Gasteiger partial charge on any atom is -0.450 e. The molecule has 30 heavy (non-hydrogen) atoms. The van der Waals surface area contributed by atoms with Gasteiger partial charge in [0.2, 0.25) is 5.60 Å². The van der Waals surface area contributed by atoms with E-state index in [1.807, 2.05) is 72.8 Å². The van der Waals surface area contributed by atoms with Crippen LogP contribution in [0.3, 0.4) is 0 Å². The van der Waals surface area contributed by atoms with E-state index in [2.05, 4.69) is 0 Å². The zero-order valence-electron chi connectivity index (χ0n) is 16.4. The van der Waals surface area contributed by atoms with E-state index >= 15 is 0 Å². The molecule has 0 heterocycles. The van der Waals surface area contributed by atoms with Crippen LogP contribution in [0.2, 0.25) is 0 Å². The average Bonchev–Trinajstić information content (AvgIpc) is 2.84. The molecule has 3 heteroatoms. The highest BCUT2D eigenvalue weighted by atomic mass is 16.6. The van der Waals surface area contributed by atoms with Gasteiger partial charge in [-0.25, -0.2) is 4.79 Å². The summed E-state index contributed by atoms with van der Waals surface area (Å²) in [5, 5.41) is 11.7. The van der Waals surface area contributed by atoms with Crippen molar-refractivity contribution in [2.75, 3.05) is 0 Å². The molecule has 0 aliphatic heterocycles. The number of carbonyl (C=O) groups excluding carboxylic acids is 1. The van der Waals surface area contributed by atoms with Crippen LogP contribution in [0.4, 0.5) is 0 Å². The predicted octanol–water partition coefficient (Wildman–Crippen LogP) is 5.26. The van der Waals surface area contributed by atoms with Gasteiger partial charge in [-0.05, 0) is 22.3 Å². The van der Waals surface area contributed by atoms with Gasteiger partial charge in [0.1, 0.15) is 0 Å². The van der Waals surface area contributed by atoms with Crippen LogP contribution in [0.5, 0.6) is 0 Å². The monoisotopic (exact) mass is 394 g/mol. The van der Waals surface area contributed by atoms with Gasteiger partial charge in [0, 0.05) is 0 Å². The molecule has 0 amide bonds. The number of benzene rings is 4. The number of hydrogen-bond donors (Lipinski definition) is 1. The van der Waals surface area contributed by atoms with Crippen molar-refractivity contribution >= 4 is 5.97 Å². The maximum Gasteiger partial charge on any atom is 0.348 e. The lowest BCUT2D eigenvalue weighted by atomic mass is 9.86. The van der Waals surface area contributed by atoms with Crippen molar-refractivity contribution in [1.29, 1.82) is 0 Å². The first-order valence-corrected chi connectivity index (χ1v) is 9.84. The van der Waals surface area contributed by atoms with Gasteiger partial charge in [-0.15, -0.1) is 0 Å². The predicted molar refractivity (Wildman–Crippen MR) is 117 cm³/mol. The number of ether oxygens (including phenoxy) is 1. The molecule has 3 nitrogen and oxygen atoms in total. The van der Waals surface area contributed by atoms with Gasteiger partial charge in [0.25, 0.3) is 0 Å². The molecular weight excluding hydrogens is 372 g/mol. The number of carbonyl (C=O) groups is 1. The maximum atomic E-state index is 13.6. The third-order valence-corrected chi connectivity index (χ3v) is 5.11. The van der Waals surface area contributed by atoms with Crippen LogP contribution in [-0.2, 0) is 15.1 Å². The van der Waals surface area contributed by atoms with Crippen molar-refractivity contribution in [2.24, 2.45) is 0 Å². The van der Waals surface area contributed by atoms with E-state index in [1.165, 1.54) is 0 Å². The first-order chi connectivity index (χ1) is 14.7. The summed E-state index contributed by atoms with van der Waals surface area (Å²) in [7, 11) is 0. The zero-order chi connectivity index (χ0) is 20.8. The summed E-state index contributed by atoms with van der Waals surface area (Å²) in [6, 6.07) is 36.9. The van der Waals surface area contributed by atoms with Gasteiger partial charge in [-0.1, -0.05) is 121 Å². The molecule has 0 fully saturated rings. The fraction of sp³-hybridized carbons (Fsp3) is 0.0741.